The van der Waals surface area contributed by atoms with Gasteiger partial charge in [-0.15, -0.1) is 0 Å². The van der Waals surface area contributed by atoms with Gasteiger partial charge in [-0.25, -0.2) is 8.78 Å². The van der Waals surface area contributed by atoms with Crippen LogP contribution in [0.4, 0.5) is 14.5 Å². The molecule has 0 aromatic heterocycles. The first-order chi connectivity index (χ1) is 9.47. The molecule has 1 aromatic carbocycles. The van der Waals surface area contributed by atoms with E-state index in [0.717, 1.165) is 5.56 Å². The van der Waals surface area contributed by atoms with Gasteiger partial charge in [0.2, 0.25) is 5.91 Å². The summed E-state index contributed by atoms with van der Waals surface area (Å²) in [6, 6.07) is 4.71. The molecule has 7 heteroatoms. The second-order valence-corrected chi connectivity index (χ2v) is 4.53. The zero-order valence-corrected chi connectivity index (χ0v) is 10.5. The number of hydrogen-bond acceptors (Lipinski definition) is 3. The summed E-state index contributed by atoms with van der Waals surface area (Å²) in [6.07, 6.45) is -3.89. The Balaban J connectivity index is 2.02. The molecule has 0 aliphatic carbocycles. The third-order valence-electron chi connectivity index (χ3n) is 3.03. The third-order valence-corrected chi connectivity index (χ3v) is 3.03. The van der Waals surface area contributed by atoms with Crippen LogP contribution in [0.25, 0.3) is 0 Å². The molecule has 1 aliphatic heterocycles. The number of fused-ring (bicyclic) bond motifs is 1. The smallest absolute Gasteiger partial charge is 0.265 e. The van der Waals surface area contributed by atoms with Crippen LogP contribution in [0.2, 0.25) is 0 Å². The quantitative estimate of drug-likeness (QED) is 0.769. The average molecular weight is 284 g/mol. The van der Waals surface area contributed by atoms with Gasteiger partial charge in [-0.05, 0) is 30.2 Å². The molecule has 0 bridgehead atoms. The molecule has 1 aliphatic rings. The molecule has 1 unspecified atom stereocenters. The van der Waals surface area contributed by atoms with Gasteiger partial charge in [-0.3, -0.25) is 9.59 Å². The molecule has 0 saturated heterocycles. The normalized spacial score (nSPS) is 15.5. The monoisotopic (exact) mass is 284 g/mol. The summed E-state index contributed by atoms with van der Waals surface area (Å²) in [5, 5.41) is 13.9. The van der Waals surface area contributed by atoms with Gasteiger partial charge in [0.25, 0.3) is 12.3 Å². The van der Waals surface area contributed by atoms with Gasteiger partial charge in [0.05, 0.1) is 0 Å². The van der Waals surface area contributed by atoms with Crippen LogP contribution < -0.4 is 10.6 Å². The van der Waals surface area contributed by atoms with Crippen LogP contribution in [-0.2, 0) is 11.2 Å². The first-order valence-corrected chi connectivity index (χ1v) is 6.14. The minimum atomic E-state index is -2.89. The van der Waals surface area contributed by atoms with Gasteiger partial charge in [-0.2, -0.15) is 0 Å². The van der Waals surface area contributed by atoms with E-state index < -0.39 is 25.0 Å². The van der Waals surface area contributed by atoms with Crippen molar-refractivity contribution < 1.29 is 23.5 Å². The Bertz CT molecular complexity index is 534. The standard InChI is InChI=1S/C13H14F2N2O3/c14-12(15)10(18)6-16-13(20)8-1-3-9-7(5-8)2-4-11(19)17-9/h1,3,5,10,12,18H,2,4,6H2,(H,16,20)(H,17,19). The topological polar surface area (TPSA) is 78.4 Å². The lowest BCUT2D eigenvalue weighted by atomic mass is 10.00. The van der Waals surface area contributed by atoms with Crippen molar-refractivity contribution in [3.05, 3.63) is 29.3 Å². The summed E-state index contributed by atoms with van der Waals surface area (Å²) < 4.78 is 24.2. The summed E-state index contributed by atoms with van der Waals surface area (Å²) in [4.78, 5) is 23.0. The predicted octanol–water partition coefficient (Wildman–Crippen LogP) is 0.927. The van der Waals surface area contributed by atoms with Crippen molar-refractivity contribution >= 4 is 17.5 Å². The maximum Gasteiger partial charge on any atom is 0.265 e. The number of aliphatic hydroxyl groups is 1. The Kier molecular flexibility index (Phi) is 4.29. The first-order valence-electron chi connectivity index (χ1n) is 6.14. The number of halogens is 2. The van der Waals surface area contributed by atoms with Gasteiger partial charge >= 0.3 is 0 Å². The zero-order valence-electron chi connectivity index (χ0n) is 10.5. The molecule has 108 valence electrons. The lowest BCUT2D eigenvalue weighted by Gasteiger charge is -2.17. The SMILES string of the molecule is O=C1CCc2cc(C(=O)NCC(O)C(F)F)ccc2N1. The Morgan fingerprint density at radius 2 is 2.15 bits per heavy atom. The van der Waals surface area contributed by atoms with Crippen LogP contribution in [0.1, 0.15) is 22.3 Å². The molecule has 0 saturated carbocycles. The summed E-state index contributed by atoms with van der Waals surface area (Å²) in [5.74, 6) is -0.612. The Morgan fingerprint density at radius 3 is 2.85 bits per heavy atom. The van der Waals surface area contributed by atoms with Crippen LogP contribution in [0.15, 0.2) is 18.2 Å². The minimum Gasteiger partial charge on any atom is -0.385 e. The molecular formula is C13H14F2N2O3. The molecule has 1 atom stereocenters. The predicted molar refractivity (Wildman–Crippen MR) is 67.7 cm³/mol. The van der Waals surface area contributed by atoms with E-state index in [4.69, 9.17) is 5.11 Å². The zero-order chi connectivity index (χ0) is 14.7. The van der Waals surface area contributed by atoms with Crippen LogP contribution in [0, 0.1) is 0 Å². The highest BCUT2D eigenvalue weighted by Crippen LogP contribution is 2.23. The minimum absolute atomic E-state index is 0.0743. The van der Waals surface area contributed by atoms with Crippen LogP contribution >= 0.6 is 0 Å². The van der Waals surface area contributed by atoms with Gasteiger partial charge in [0.1, 0.15) is 6.10 Å². The van der Waals surface area contributed by atoms with E-state index in [1.54, 1.807) is 12.1 Å². The molecule has 2 amide bonds. The summed E-state index contributed by atoms with van der Waals surface area (Å²) in [6.45, 7) is -0.510. The number of rotatable bonds is 4. The number of alkyl halides is 2. The van der Waals surface area contributed by atoms with Crippen molar-refractivity contribution in [1.29, 1.82) is 0 Å². The largest absolute Gasteiger partial charge is 0.385 e. The average Bonchev–Trinajstić information content (AvgIpc) is 2.43. The second-order valence-electron chi connectivity index (χ2n) is 4.53. The van der Waals surface area contributed by atoms with E-state index >= 15 is 0 Å². The van der Waals surface area contributed by atoms with E-state index in [1.165, 1.54) is 6.07 Å². The summed E-state index contributed by atoms with van der Waals surface area (Å²) in [7, 11) is 0. The number of aryl methyl sites for hydroxylation is 1. The third kappa shape index (κ3) is 3.30. The number of benzene rings is 1. The molecule has 0 radical (unpaired) electrons. The van der Waals surface area contributed by atoms with Crippen LogP contribution in [0.5, 0.6) is 0 Å². The summed E-state index contributed by atoms with van der Waals surface area (Å²) in [5.41, 5.74) is 1.79. The highest BCUT2D eigenvalue weighted by atomic mass is 19.3. The molecule has 1 aromatic rings. The van der Waals surface area contributed by atoms with Crippen molar-refractivity contribution in [3.63, 3.8) is 0 Å². The van der Waals surface area contributed by atoms with Crippen molar-refractivity contribution in [2.45, 2.75) is 25.4 Å². The van der Waals surface area contributed by atoms with Crippen molar-refractivity contribution in [3.8, 4) is 0 Å². The molecule has 20 heavy (non-hydrogen) atoms. The van der Waals surface area contributed by atoms with Gasteiger partial charge in [-0.1, -0.05) is 0 Å². The summed E-state index contributed by atoms with van der Waals surface area (Å²) >= 11 is 0. The molecular weight excluding hydrogens is 270 g/mol. The van der Waals surface area contributed by atoms with Crippen LogP contribution in [-0.4, -0.2) is 36.0 Å². The number of carbonyl (C=O) groups is 2. The van der Waals surface area contributed by atoms with Crippen LogP contribution in [0.3, 0.4) is 0 Å². The van der Waals surface area contributed by atoms with Gasteiger partial charge < -0.3 is 15.7 Å². The number of hydrogen-bond donors (Lipinski definition) is 3. The molecule has 3 N–H and O–H groups in total. The maximum absolute atomic E-state index is 12.1. The van der Waals surface area contributed by atoms with E-state index in [9.17, 15) is 18.4 Å². The van der Waals surface area contributed by atoms with Crippen molar-refractivity contribution in [1.82, 2.24) is 5.32 Å². The number of anilines is 1. The van der Waals surface area contributed by atoms with Crippen molar-refractivity contribution in [2.75, 3.05) is 11.9 Å². The molecule has 2 rings (SSSR count). The van der Waals surface area contributed by atoms with E-state index in [0.29, 0.717) is 24.1 Å². The van der Waals surface area contributed by atoms with Gasteiger partial charge in [0.15, 0.2) is 0 Å². The molecule has 5 nitrogen and oxygen atoms in total. The number of nitrogens with one attached hydrogen (secondary N) is 2. The molecule has 0 spiro atoms. The van der Waals surface area contributed by atoms with E-state index in [1.807, 2.05) is 0 Å². The Labute approximate surface area is 114 Å². The van der Waals surface area contributed by atoms with E-state index in [2.05, 4.69) is 10.6 Å². The van der Waals surface area contributed by atoms with E-state index in [-0.39, 0.29) is 5.91 Å². The fourth-order valence-corrected chi connectivity index (χ4v) is 1.91. The highest BCUT2D eigenvalue weighted by molar-refractivity contribution is 5.97. The van der Waals surface area contributed by atoms with Gasteiger partial charge in [0, 0.05) is 24.2 Å². The Hall–Kier alpha value is -2.02. The lowest BCUT2D eigenvalue weighted by Crippen LogP contribution is -2.35. The number of aliphatic hydroxyl groups excluding tert-OH is 1. The Morgan fingerprint density at radius 1 is 1.40 bits per heavy atom. The lowest BCUT2D eigenvalue weighted by molar-refractivity contribution is -0.116. The molecule has 0 fully saturated rings. The van der Waals surface area contributed by atoms with Crippen molar-refractivity contribution in [2.24, 2.45) is 0 Å². The molecule has 1 heterocycles. The number of carbonyl (C=O) groups excluding carboxylic acids is 2. The number of amides is 2. The fraction of sp³-hybridized carbons (Fsp3) is 0.385. The maximum atomic E-state index is 12.1. The fourth-order valence-electron chi connectivity index (χ4n) is 1.91. The first kappa shape index (κ1) is 14.4. The second kappa shape index (κ2) is 5.96. The highest BCUT2D eigenvalue weighted by Gasteiger charge is 2.19.